The highest BCUT2D eigenvalue weighted by Crippen LogP contribution is 2.43. The van der Waals surface area contributed by atoms with Crippen LogP contribution in [0.5, 0.6) is 0 Å². The lowest BCUT2D eigenvalue weighted by Gasteiger charge is -2.32. The monoisotopic (exact) mass is 643 g/mol. The normalized spacial score (nSPS) is 20.2. The molecule has 238 valence electrons. The smallest absolute Gasteiger partial charge is 0.399 e. The molecular formula is C36H47B2NO4S2. The summed E-state index contributed by atoms with van der Waals surface area (Å²) in [6, 6.07) is 20.1. The molecule has 3 aromatic heterocycles. The first-order valence-corrected chi connectivity index (χ1v) is 17.8. The van der Waals surface area contributed by atoms with Crippen LogP contribution in [0.2, 0.25) is 0 Å². The van der Waals surface area contributed by atoms with Gasteiger partial charge in [-0.3, -0.25) is 0 Å². The first kappa shape index (κ1) is 32.8. The molecule has 0 bridgehead atoms. The molecule has 5 nitrogen and oxygen atoms in total. The van der Waals surface area contributed by atoms with E-state index in [1.165, 1.54) is 38.0 Å². The first-order chi connectivity index (χ1) is 20.9. The van der Waals surface area contributed by atoms with Crippen molar-refractivity contribution in [3.05, 3.63) is 65.7 Å². The average molecular weight is 644 g/mol. The SMILES string of the molecule is CC(C)c1cccc(C(C)C)c1-n1c(-c2ccc(B3OC(C)(C)C(C)(C)O3)s2)ccc1-c1ccc(B2OC(C)(C)C(C)(C)O2)s1. The van der Waals surface area contributed by atoms with E-state index in [1.807, 2.05) is 0 Å². The van der Waals surface area contributed by atoms with E-state index in [0.717, 1.165) is 9.55 Å². The van der Waals surface area contributed by atoms with Crippen molar-refractivity contribution in [2.45, 2.75) is 117 Å². The molecule has 2 fully saturated rings. The Bertz CT molecular complexity index is 1560. The van der Waals surface area contributed by atoms with Crippen molar-refractivity contribution in [2.75, 3.05) is 0 Å². The highest BCUT2D eigenvalue weighted by molar-refractivity contribution is 7.25. The van der Waals surface area contributed by atoms with Gasteiger partial charge in [-0.25, -0.2) is 0 Å². The lowest BCUT2D eigenvalue weighted by molar-refractivity contribution is 0.00578. The molecule has 0 aliphatic carbocycles. The number of rotatable bonds is 7. The van der Waals surface area contributed by atoms with Crippen LogP contribution in [0.25, 0.3) is 26.8 Å². The largest absolute Gasteiger partial charge is 0.505 e. The molecule has 2 aliphatic rings. The minimum Gasteiger partial charge on any atom is -0.399 e. The topological polar surface area (TPSA) is 41.9 Å². The van der Waals surface area contributed by atoms with Crippen molar-refractivity contribution < 1.29 is 18.6 Å². The van der Waals surface area contributed by atoms with Gasteiger partial charge in [0.1, 0.15) is 0 Å². The van der Waals surface area contributed by atoms with Gasteiger partial charge in [0.25, 0.3) is 0 Å². The molecule has 0 spiro atoms. The lowest BCUT2D eigenvalue weighted by atomic mass is 9.88. The zero-order valence-corrected chi connectivity index (χ0v) is 30.5. The fourth-order valence-corrected chi connectivity index (χ4v) is 7.95. The molecule has 6 rings (SSSR count). The highest BCUT2D eigenvalue weighted by atomic mass is 32.1. The fourth-order valence-electron chi connectivity index (χ4n) is 5.98. The van der Waals surface area contributed by atoms with Gasteiger partial charge in [0.05, 0.1) is 49.2 Å². The van der Waals surface area contributed by atoms with Gasteiger partial charge in [-0.05, 0) is 103 Å². The summed E-state index contributed by atoms with van der Waals surface area (Å²) in [4.78, 5) is 2.36. The van der Waals surface area contributed by atoms with Gasteiger partial charge in [-0.15, -0.1) is 22.7 Å². The summed E-state index contributed by atoms with van der Waals surface area (Å²) in [7, 11) is -0.767. The van der Waals surface area contributed by atoms with Gasteiger partial charge in [-0.2, -0.15) is 0 Å². The van der Waals surface area contributed by atoms with E-state index in [0.29, 0.717) is 11.8 Å². The number of thiophene rings is 2. The van der Waals surface area contributed by atoms with E-state index in [-0.39, 0.29) is 36.6 Å². The molecule has 0 radical (unpaired) electrons. The first-order valence-electron chi connectivity index (χ1n) is 16.2. The van der Waals surface area contributed by atoms with Gasteiger partial charge < -0.3 is 23.2 Å². The van der Waals surface area contributed by atoms with Crippen LogP contribution in [0.15, 0.2) is 54.6 Å². The highest BCUT2D eigenvalue weighted by Gasteiger charge is 2.53. The van der Waals surface area contributed by atoms with Crippen LogP contribution in [0.4, 0.5) is 0 Å². The minimum atomic E-state index is -0.384. The molecule has 0 saturated carbocycles. The summed E-state index contributed by atoms with van der Waals surface area (Å²) >= 11 is 3.50. The maximum Gasteiger partial charge on any atom is 0.505 e. The van der Waals surface area contributed by atoms with Crippen LogP contribution in [0.1, 0.15) is 106 Å². The van der Waals surface area contributed by atoms with E-state index in [1.54, 1.807) is 22.7 Å². The number of aromatic nitrogens is 1. The predicted octanol–water partition coefficient (Wildman–Crippen LogP) is 8.78. The third-order valence-corrected chi connectivity index (χ3v) is 12.4. The van der Waals surface area contributed by atoms with E-state index < -0.39 is 0 Å². The Hall–Kier alpha value is -2.13. The molecule has 0 unspecified atom stereocenters. The summed E-state index contributed by atoms with van der Waals surface area (Å²) in [5, 5.41) is 0. The molecule has 0 atom stereocenters. The molecule has 9 heteroatoms. The van der Waals surface area contributed by atoms with Crippen LogP contribution < -0.4 is 9.55 Å². The number of nitrogens with zero attached hydrogens (tertiary/aromatic N) is 1. The zero-order chi connectivity index (χ0) is 32.7. The number of para-hydroxylation sites is 1. The number of hydrogen-bond donors (Lipinski definition) is 0. The van der Waals surface area contributed by atoms with Gasteiger partial charge in [0.15, 0.2) is 0 Å². The second-order valence-electron chi connectivity index (χ2n) is 15.1. The average Bonchev–Trinajstić information content (AvgIpc) is 3.74. The summed E-state index contributed by atoms with van der Waals surface area (Å²) in [6.07, 6.45) is 0. The molecule has 0 N–H and O–H groups in total. The fraction of sp³-hybridized carbons (Fsp3) is 0.500. The summed E-state index contributed by atoms with van der Waals surface area (Å²) in [5.74, 6) is 0.711. The standard InChI is InChI=1S/C36H47B2NO4S2/c1-22(2)24-14-13-15-25(23(3)4)32(24)39-26(28-18-20-30(44-28)37-40-33(5,6)34(7,8)41-37)16-17-27(39)29-19-21-31(45-29)38-42-35(9,10)36(11,12)43-38/h13-23H,1-12H3. The number of hydrogen-bond acceptors (Lipinski definition) is 6. The van der Waals surface area contributed by atoms with Gasteiger partial charge >= 0.3 is 14.2 Å². The van der Waals surface area contributed by atoms with Crippen LogP contribution in [0.3, 0.4) is 0 Å². The molecule has 2 aliphatic heterocycles. The Kier molecular flexibility index (Phi) is 8.19. The third-order valence-electron chi connectivity index (χ3n) is 10.2. The van der Waals surface area contributed by atoms with E-state index in [2.05, 4.69) is 142 Å². The van der Waals surface area contributed by atoms with Crippen molar-refractivity contribution in [3.63, 3.8) is 0 Å². The molecule has 1 aromatic carbocycles. The van der Waals surface area contributed by atoms with E-state index in [4.69, 9.17) is 18.6 Å². The molecule has 45 heavy (non-hydrogen) atoms. The third kappa shape index (κ3) is 5.62. The molecule has 5 heterocycles. The maximum atomic E-state index is 6.43. The van der Waals surface area contributed by atoms with Crippen LogP contribution in [-0.4, -0.2) is 41.2 Å². The molecule has 4 aromatic rings. The Morgan fingerprint density at radius 1 is 0.533 bits per heavy atom. The van der Waals surface area contributed by atoms with Crippen LogP contribution in [-0.2, 0) is 18.6 Å². The molecule has 0 amide bonds. The summed E-state index contributed by atoms with van der Waals surface area (Å²) < 4.78 is 30.4. The maximum absolute atomic E-state index is 6.43. The number of benzene rings is 1. The zero-order valence-electron chi connectivity index (χ0n) is 28.9. The molecule has 2 saturated heterocycles. The molecular weight excluding hydrogens is 596 g/mol. The van der Waals surface area contributed by atoms with Crippen molar-refractivity contribution in [1.82, 2.24) is 4.57 Å². The van der Waals surface area contributed by atoms with Crippen molar-refractivity contribution in [2.24, 2.45) is 0 Å². The lowest BCUT2D eigenvalue weighted by Crippen LogP contribution is -2.41. The van der Waals surface area contributed by atoms with E-state index >= 15 is 0 Å². The minimum absolute atomic E-state index is 0.356. The summed E-state index contributed by atoms with van der Waals surface area (Å²) in [6.45, 7) is 26.0. The van der Waals surface area contributed by atoms with Gasteiger partial charge in [0, 0.05) is 9.55 Å². The van der Waals surface area contributed by atoms with Crippen molar-refractivity contribution in [1.29, 1.82) is 0 Å². The second kappa shape index (κ2) is 11.2. The van der Waals surface area contributed by atoms with Crippen molar-refractivity contribution >= 4 is 46.5 Å². The Morgan fingerprint density at radius 3 is 1.22 bits per heavy atom. The predicted molar refractivity (Wildman–Crippen MR) is 192 cm³/mol. The van der Waals surface area contributed by atoms with Gasteiger partial charge in [-0.1, -0.05) is 58.0 Å². The van der Waals surface area contributed by atoms with Gasteiger partial charge in [0.2, 0.25) is 0 Å². The Balaban J connectivity index is 1.49. The quantitative estimate of drug-likeness (QED) is 0.189. The Morgan fingerprint density at radius 2 is 0.889 bits per heavy atom. The van der Waals surface area contributed by atoms with Crippen LogP contribution >= 0.6 is 22.7 Å². The van der Waals surface area contributed by atoms with Crippen LogP contribution in [0, 0.1) is 0 Å². The Labute approximate surface area is 278 Å². The van der Waals surface area contributed by atoms with Crippen molar-refractivity contribution in [3.8, 4) is 26.8 Å². The second-order valence-corrected chi connectivity index (χ2v) is 17.3. The van der Waals surface area contributed by atoms with E-state index in [9.17, 15) is 0 Å². The summed E-state index contributed by atoms with van der Waals surface area (Å²) in [5.41, 5.74) is 4.75.